The predicted octanol–water partition coefficient (Wildman–Crippen LogP) is 4.37. The number of piperidine rings is 1. The highest BCUT2D eigenvalue weighted by Gasteiger charge is 2.44. The number of carbonyl (C=O) groups excluding carboxylic acids is 2. The van der Waals surface area contributed by atoms with Crippen LogP contribution in [0, 0.1) is 11.3 Å². The van der Waals surface area contributed by atoms with Crippen molar-refractivity contribution in [2.24, 2.45) is 11.3 Å². The third-order valence-corrected chi connectivity index (χ3v) is 9.62. The molecule has 3 aliphatic rings. The fourth-order valence-corrected chi connectivity index (χ4v) is 6.56. The van der Waals surface area contributed by atoms with Gasteiger partial charge >= 0.3 is 0 Å². The molecule has 1 atom stereocenters. The van der Waals surface area contributed by atoms with Crippen LogP contribution in [0.15, 0.2) is 59.5 Å². The van der Waals surface area contributed by atoms with Gasteiger partial charge in [0.25, 0.3) is 0 Å². The van der Waals surface area contributed by atoms with Crippen LogP contribution in [0.2, 0.25) is 0 Å². The maximum atomic E-state index is 12.9. The number of carbonyl (C=O) groups is 2. The highest BCUT2D eigenvalue weighted by molar-refractivity contribution is 7.90. The van der Waals surface area contributed by atoms with E-state index in [0.29, 0.717) is 30.2 Å². The largest absolute Gasteiger partial charge is 0.349 e. The Balaban J connectivity index is 0.00000353. The Morgan fingerprint density at radius 2 is 1.72 bits per heavy atom. The smallest absolute Gasteiger partial charge is 0.223 e. The predicted molar refractivity (Wildman–Crippen MR) is 154 cm³/mol. The first-order valence-electron chi connectivity index (χ1n) is 13.8. The van der Waals surface area contributed by atoms with Gasteiger partial charge in [-0.3, -0.25) is 9.59 Å². The minimum Gasteiger partial charge on any atom is -0.349 e. The number of hydrogen-bond donors (Lipinski definition) is 1. The minimum absolute atomic E-state index is 0. The van der Waals surface area contributed by atoms with E-state index in [1.807, 2.05) is 35.2 Å². The molecule has 1 spiro atoms. The molecule has 2 aliphatic heterocycles. The molecule has 3 fully saturated rings. The van der Waals surface area contributed by atoms with Crippen LogP contribution in [0.1, 0.15) is 62.1 Å². The molecule has 2 aromatic rings. The third kappa shape index (κ3) is 7.83. The topological polar surface area (TPSA) is 86.8 Å². The van der Waals surface area contributed by atoms with Gasteiger partial charge in [-0.05, 0) is 79.8 Å². The number of halogens is 1. The first-order chi connectivity index (χ1) is 18.2. The summed E-state index contributed by atoms with van der Waals surface area (Å²) in [4.78, 5) is 30.2. The molecule has 9 heteroatoms. The van der Waals surface area contributed by atoms with Gasteiger partial charge in [0.05, 0.1) is 10.9 Å². The highest BCUT2D eigenvalue weighted by atomic mass is 35.5. The molecule has 1 N–H and O–H groups in total. The van der Waals surface area contributed by atoms with Crippen molar-refractivity contribution in [1.82, 2.24) is 15.1 Å². The van der Waals surface area contributed by atoms with Crippen LogP contribution >= 0.6 is 12.4 Å². The van der Waals surface area contributed by atoms with E-state index in [1.54, 1.807) is 12.1 Å². The van der Waals surface area contributed by atoms with Gasteiger partial charge in [0, 0.05) is 38.7 Å². The summed E-state index contributed by atoms with van der Waals surface area (Å²) in [5.74, 6) is 0.924. The summed E-state index contributed by atoms with van der Waals surface area (Å²) in [6.45, 7) is 4.12. The van der Waals surface area contributed by atoms with Gasteiger partial charge in [0.2, 0.25) is 11.8 Å². The molecule has 7 nitrogen and oxygen atoms in total. The maximum Gasteiger partial charge on any atom is 0.223 e. The van der Waals surface area contributed by atoms with Crippen molar-refractivity contribution < 1.29 is 18.0 Å². The number of likely N-dealkylation sites (tertiary alicyclic amines) is 2. The maximum absolute atomic E-state index is 12.9. The van der Waals surface area contributed by atoms with Crippen LogP contribution in [-0.4, -0.2) is 62.5 Å². The molecular formula is C30H40ClN3O4S. The monoisotopic (exact) mass is 573 g/mol. The number of nitrogens with zero attached hydrogens (tertiary/aromatic N) is 2. The van der Waals surface area contributed by atoms with E-state index in [4.69, 9.17) is 0 Å². The van der Waals surface area contributed by atoms with Crippen LogP contribution in [0.3, 0.4) is 0 Å². The average molecular weight is 574 g/mol. The van der Waals surface area contributed by atoms with Crippen molar-refractivity contribution in [2.45, 2.75) is 62.4 Å². The summed E-state index contributed by atoms with van der Waals surface area (Å²) in [7, 11) is -3.23. The Bertz CT molecular complexity index is 1240. The molecule has 0 aromatic heterocycles. The average Bonchev–Trinajstić information content (AvgIpc) is 3.66. The summed E-state index contributed by atoms with van der Waals surface area (Å²) in [6, 6.07) is 17.2. The Hall–Kier alpha value is -2.42. The number of hydrogen-bond acceptors (Lipinski definition) is 5. The van der Waals surface area contributed by atoms with Crippen molar-refractivity contribution in [1.29, 1.82) is 0 Å². The summed E-state index contributed by atoms with van der Waals surface area (Å²) >= 11 is 0. The van der Waals surface area contributed by atoms with Gasteiger partial charge < -0.3 is 15.1 Å². The van der Waals surface area contributed by atoms with Crippen molar-refractivity contribution in [3.63, 3.8) is 0 Å². The quantitative estimate of drug-likeness (QED) is 0.456. The Labute approximate surface area is 238 Å². The highest BCUT2D eigenvalue weighted by Crippen LogP contribution is 2.41. The number of benzene rings is 2. The van der Waals surface area contributed by atoms with Gasteiger partial charge in [-0.15, -0.1) is 12.4 Å². The van der Waals surface area contributed by atoms with Crippen LogP contribution in [0.25, 0.3) is 0 Å². The van der Waals surface area contributed by atoms with Crippen LogP contribution < -0.4 is 5.32 Å². The van der Waals surface area contributed by atoms with Gasteiger partial charge in [-0.2, -0.15) is 0 Å². The van der Waals surface area contributed by atoms with E-state index in [0.717, 1.165) is 56.6 Å². The third-order valence-electron chi connectivity index (χ3n) is 8.49. The van der Waals surface area contributed by atoms with Crippen molar-refractivity contribution in [2.75, 3.05) is 32.4 Å². The summed E-state index contributed by atoms with van der Waals surface area (Å²) in [6.07, 6.45) is 7.65. The zero-order valence-electron chi connectivity index (χ0n) is 22.7. The lowest BCUT2D eigenvalue weighted by Gasteiger charge is -2.39. The summed E-state index contributed by atoms with van der Waals surface area (Å²) < 4.78 is 23.5. The van der Waals surface area contributed by atoms with Crippen molar-refractivity contribution in [3.05, 3.63) is 65.7 Å². The standard InChI is InChI=1S/C30H39N3O4S.ClH/c1-38(36,37)26-11-9-24(10-12-26)21-33-22-30(20-29(33)35)14-17-32(18-15-30)16-13-27(25-5-3-2-4-6-25)31-28(34)19-23-7-8-23;/h2-6,9-12,23,27H,7-8,13-22H2,1H3,(H,31,34);1H/t27-;/m0./s1. The molecule has 1 saturated carbocycles. The Morgan fingerprint density at radius 1 is 1.05 bits per heavy atom. The van der Waals surface area contributed by atoms with Crippen molar-refractivity contribution in [3.8, 4) is 0 Å². The number of amides is 2. The number of sulfone groups is 1. The minimum atomic E-state index is -3.23. The molecule has 5 rings (SSSR count). The zero-order chi connectivity index (χ0) is 26.8. The fourth-order valence-electron chi connectivity index (χ4n) is 5.93. The molecular weight excluding hydrogens is 534 g/mol. The lowest BCUT2D eigenvalue weighted by molar-refractivity contribution is -0.128. The Morgan fingerprint density at radius 3 is 2.33 bits per heavy atom. The number of rotatable bonds is 10. The van der Waals surface area contributed by atoms with Crippen LogP contribution in [0.5, 0.6) is 0 Å². The molecule has 39 heavy (non-hydrogen) atoms. The van der Waals surface area contributed by atoms with E-state index in [2.05, 4.69) is 22.3 Å². The Kier molecular flexibility index (Phi) is 9.40. The molecule has 0 unspecified atom stereocenters. The van der Waals surface area contributed by atoms with E-state index in [1.165, 1.54) is 19.1 Å². The van der Waals surface area contributed by atoms with Crippen LogP contribution in [0.4, 0.5) is 0 Å². The molecule has 2 aromatic carbocycles. The lowest BCUT2D eigenvalue weighted by atomic mass is 9.77. The second-order valence-corrected chi connectivity index (χ2v) is 13.7. The molecule has 0 radical (unpaired) electrons. The molecule has 2 heterocycles. The molecule has 1 aliphatic carbocycles. The molecule has 2 saturated heterocycles. The SMILES string of the molecule is CS(=O)(=O)c1ccc(CN2CC3(CCN(CC[C@H](NC(=O)CC4CC4)c4ccccc4)CC3)CC2=O)cc1.Cl. The van der Waals surface area contributed by atoms with E-state index < -0.39 is 9.84 Å². The fraction of sp³-hybridized carbons (Fsp3) is 0.533. The molecule has 0 bridgehead atoms. The zero-order valence-corrected chi connectivity index (χ0v) is 24.3. The van der Waals surface area contributed by atoms with Gasteiger partial charge in [-0.1, -0.05) is 42.5 Å². The summed E-state index contributed by atoms with van der Waals surface area (Å²) in [5, 5.41) is 3.29. The van der Waals surface area contributed by atoms with Crippen LogP contribution in [-0.2, 0) is 26.0 Å². The first kappa shape index (κ1) is 29.6. The number of nitrogens with one attached hydrogen (secondary N) is 1. The first-order valence-corrected chi connectivity index (χ1v) is 15.7. The molecule has 2 amide bonds. The second-order valence-electron chi connectivity index (χ2n) is 11.7. The molecule has 212 valence electrons. The van der Waals surface area contributed by atoms with E-state index in [-0.39, 0.29) is 35.7 Å². The van der Waals surface area contributed by atoms with Gasteiger partial charge in [0.15, 0.2) is 9.84 Å². The van der Waals surface area contributed by atoms with Crippen molar-refractivity contribution >= 4 is 34.1 Å². The van der Waals surface area contributed by atoms with E-state index in [9.17, 15) is 18.0 Å². The second kappa shape index (κ2) is 12.4. The normalized spacial score (nSPS) is 20.0. The van der Waals surface area contributed by atoms with Gasteiger partial charge in [-0.25, -0.2) is 8.42 Å². The van der Waals surface area contributed by atoms with Gasteiger partial charge in [0.1, 0.15) is 0 Å². The summed E-state index contributed by atoms with van der Waals surface area (Å²) in [5.41, 5.74) is 2.14. The van der Waals surface area contributed by atoms with E-state index >= 15 is 0 Å². The lowest BCUT2D eigenvalue weighted by Crippen LogP contribution is -2.42.